The highest BCUT2D eigenvalue weighted by atomic mass is 16.5. The molecule has 0 aromatic heterocycles. The fourth-order valence-electron chi connectivity index (χ4n) is 2.51. The Morgan fingerprint density at radius 1 is 1.38 bits per heavy atom. The Hall–Kier alpha value is -2.08. The number of methoxy groups -OCH3 is 1. The van der Waals surface area contributed by atoms with E-state index >= 15 is 0 Å². The number of carbonyl (C=O) groups excluding carboxylic acids is 1. The number of nitrogens with one attached hydrogen (secondary N) is 2. The van der Waals surface area contributed by atoms with E-state index in [-0.39, 0.29) is 17.2 Å². The second-order valence-electron chi connectivity index (χ2n) is 5.17. The van der Waals surface area contributed by atoms with Crippen LogP contribution in [0.25, 0.3) is 0 Å². The minimum atomic E-state index is -1.06. The average molecular weight is 292 g/mol. The largest absolute Gasteiger partial charge is 0.496 e. The van der Waals surface area contributed by atoms with Crippen LogP contribution in [0.1, 0.15) is 29.6 Å². The van der Waals surface area contributed by atoms with Crippen molar-refractivity contribution in [1.29, 1.82) is 0 Å². The number of benzene rings is 1. The van der Waals surface area contributed by atoms with Gasteiger partial charge < -0.3 is 20.5 Å². The van der Waals surface area contributed by atoms with Gasteiger partial charge in [0.1, 0.15) is 11.3 Å². The second-order valence-corrected chi connectivity index (χ2v) is 5.17. The fourth-order valence-corrected chi connectivity index (χ4v) is 2.51. The van der Waals surface area contributed by atoms with E-state index in [4.69, 9.17) is 9.84 Å². The number of amides is 1. The van der Waals surface area contributed by atoms with Crippen molar-refractivity contribution >= 4 is 17.6 Å². The molecule has 21 heavy (non-hydrogen) atoms. The number of carbonyl (C=O) groups is 2. The lowest BCUT2D eigenvalue weighted by atomic mass is 9.94. The summed E-state index contributed by atoms with van der Waals surface area (Å²) in [6.45, 7) is 1.91. The molecule has 0 bridgehead atoms. The van der Waals surface area contributed by atoms with E-state index in [2.05, 4.69) is 10.6 Å². The van der Waals surface area contributed by atoms with Gasteiger partial charge in [-0.15, -0.1) is 0 Å². The first-order chi connectivity index (χ1) is 10.1. The molecule has 0 radical (unpaired) electrons. The molecule has 0 saturated carbocycles. The number of anilines is 1. The molecule has 1 amide bonds. The topological polar surface area (TPSA) is 87.7 Å². The van der Waals surface area contributed by atoms with Crippen LogP contribution >= 0.6 is 0 Å². The molecule has 1 fully saturated rings. The van der Waals surface area contributed by atoms with Crippen LogP contribution in [0, 0.1) is 5.92 Å². The smallest absolute Gasteiger partial charge is 0.339 e. The van der Waals surface area contributed by atoms with Crippen LogP contribution in [0.2, 0.25) is 0 Å². The molecule has 1 saturated heterocycles. The van der Waals surface area contributed by atoms with Gasteiger partial charge in [-0.1, -0.05) is 0 Å². The Labute approximate surface area is 123 Å². The first kappa shape index (κ1) is 15.3. The summed E-state index contributed by atoms with van der Waals surface area (Å²) < 4.78 is 5.04. The zero-order valence-corrected chi connectivity index (χ0v) is 12.0. The summed E-state index contributed by atoms with van der Waals surface area (Å²) in [5, 5.41) is 15.1. The quantitative estimate of drug-likeness (QED) is 0.769. The van der Waals surface area contributed by atoms with Crippen molar-refractivity contribution in [2.24, 2.45) is 5.92 Å². The number of aromatic carboxylic acids is 1. The maximum Gasteiger partial charge on any atom is 0.339 e. The van der Waals surface area contributed by atoms with E-state index < -0.39 is 5.97 Å². The molecular weight excluding hydrogens is 272 g/mol. The highest BCUT2D eigenvalue weighted by Crippen LogP contribution is 2.24. The van der Waals surface area contributed by atoms with Crippen molar-refractivity contribution in [3.05, 3.63) is 23.8 Å². The Morgan fingerprint density at radius 3 is 2.71 bits per heavy atom. The van der Waals surface area contributed by atoms with E-state index in [0.29, 0.717) is 18.0 Å². The third kappa shape index (κ3) is 4.19. The van der Waals surface area contributed by atoms with Gasteiger partial charge in [-0.05, 0) is 44.0 Å². The Morgan fingerprint density at radius 2 is 2.10 bits per heavy atom. The van der Waals surface area contributed by atoms with Gasteiger partial charge in [0.05, 0.1) is 7.11 Å². The Kier molecular flexibility index (Phi) is 5.16. The lowest BCUT2D eigenvalue weighted by Crippen LogP contribution is -2.30. The maximum atomic E-state index is 12.0. The van der Waals surface area contributed by atoms with Gasteiger partial charge in [-0.2, -0.15) is 0 Å². The lowest BCUT2D eigenvalue weighted by Gasteiger charge is -2.22. The molecule has 1 aliphatic heterocycles. The molecule has 3 N–H and O–H groups in total. The van der Waals surface area contributed by atoms with Gasteiger partial charge in [0.25, 0.3) is 0 Å². The summed E-state index contributed by atoms with van der Waals surface area (Å²) in [5.41, 5.74) is 0.629. The van der Waals surface area contributed by atoms with Gasteiger partial charge in [0.15, 0.2) is 0 Å². The molecule has 114 valence electrons. The first-order valence-electron chi connectivity index (χ1n) is 7.02. The van der Waals surface area contributed by atoms with Gasteiger partial charge in [0, 0.05) is 18.2 Å². The Balaban J connectivity index is 1.98. The fraction of sp³-hybridized carbons (Fsp3) is 0.467. The third-order valence-electron chi connectivity index (χ3n) is 3.65. The number of hydrogen-bond acceptors (Lipinski definition) is 4. The van der Waals surface area contributed by atoms with Gasteiger partial charge in [0.2, 0.25) is 5.91 Å². The molecule has 0 atom stereocenters. The predicted octanol–water partition coefficient (Wildman–Crippen LogP) is 1.72. The highest BCUT2D eigenvalue weighted by Gasteiger charge is 2.17. The molecule has 1 aromatic rings. The van der Waals surface area contributed by atoms with Gasteiger partial charge in [-0.25, -0.2) is 4.79 Å². The third-order valence-corrected chi connectivity index (χ3v) is 3.65. The van der Waals surface area contributed by atoms with Gasteiger partial charge >= 0.3 is 5.97 Å². The second kappa shape index (κ2) is 7.08. The monoisotopic (exact) mass is 292 g/mol. The maximum absolute atomic E-state index is 12.0. The first-order valence-corrected chi connectivity index (χ1v) is 7.02. The van der Waals surface area contributed by atoms with Crippen LogP contribution in [0.15, 0.2) is 18.2 Å². The minimum Gasteiger partial charge on any atom is -0.496 e. The predicted molar refractivity (Wildman–Crippen MR) is 78.8 cm³/mol. The minimum absolute atomic E-state index is 0.0490. The summed E-state index contributed by atoms with van der Waals surface area (Å²) >= 11 is 0. The van der Waals surface area contributed by atoms with E-state index in [9.17, 15) is 9.59 Å². The molecule has 2 rings (SSSR count). The number of ether oxygens (including phenoxy) is 1. The van der Waals surface area contributed by atoms with E-state index in [1.54, 1.807) is 6.07 Å². The summed E-state index contributed by atoms with van der Waals surface area (Å²) in [5.74, 6) is -0.458. The molecule has 0 spiro atoms. The van der Waals surface area contributed by atoms with Crippen LogP contribution in [-0.2, 0) is 4.79 Å². The van der Waals surface area contributed by atoms with Crippen molar-refractivity contribution in [2.75, 3.05) is 25.5 Å². The van der Waals surface area contributed by atoms with Crippen molar-refractivity contribution in [3.63, 3.8) is 0 Å². The van der Waals surface area contributed by atoms with Crippen LogP contribution in [-0.4, -0.2) is 37.2 Å². The SMILES string of the molecule is COc1cc(NC(=O)CC2CCNCC2)ccc1C(=O)O. The number of hydrogen-bond donors (Lipinski definition) is 3. The molecule has 1 aliphatic rings. The Bertz CT molecular complexity index is 524. The summed E-state index contributed by atoms with van der Waals surface area (Å²) in [7, 11) is 1.41. The number of piperidine rings is 1. The molecule has 0 unspecified atom stereocenters. The normalized spacial score (nSPS) is 15.5. The molecule has 1 aromatic carbocycles. The molecule has 6 nitrogen and oxygen atoms in total. The number of carboxylic acid groups (broad SMARTS) is 1. The standard InChI is InChI=1S/C15H20N2O4/c1-21-13-9-11(2-3-12(13)15(19)20)17-14(18)8-10-4-6-16-7-5-10/h2-3,9-10,16H,4-8H2,1H3,(H,17,18)(H,19,20). The van der Waals surface area contributed by atoms with Crippen molar-refractivity contribution in [3.8, 4) is 5.75 Å². The number of carboxylic acids is 1. The average Bonchev–Trinajstić information content (AvgIpc) is 2.47. The van der Waals surface area contributed by atoms with Crippen molar-refractivity contribution in [1.82, 2.24) is 5.32 Å². The van der Waals surface area contributed by atoms with Crippen LogP contribution in [0.4, 0.5) is 5.69 Å². The van der Waals surface area contributed by atoms with E-state index in [1.165, 1.54) is 19.2 Å². The summed E-state index contributed by atoms with van der Waals surface area (Å²) in [6, 6.07) is 4.54. The van der Waals surface area contributed by atoms with Crippen LogP contribution in [0.5, 0.6) is 5.75 Å². The zero-order chi connectivity index (χ0) is 15.2. The highest BCUT2D eigenvalue weighted by molar-refractivity contribution is 5.94. The van der Waals surface area contributed by atoms with Crippen molar-refractivity contribution in [2.45, 2.75) is 19.3 Å². The van der Waals surface area contributed by atoms with E-state index in [1.807, 2.05) is 0 Å². The van der Waals surface area contributed by atoms with E-state index in [0.717, 1.165) is 25.9 Å². The summed E-state index contributed by atoms with van der Waals surface area (Å²) in [6.07, 6.45) is 2.51. The van der Waals surface area contributed by atoms with Crippen molar-refractivity contribution < 1.29 is 19.4 Å². The molecular formula is C15H20N2O4. The molecule has 6 heteroatoms. The molecule has 0 aliphatic carbocycles. The summed E-state index contributed by atoms with van der Waals surface area (Å²) in [4.78, 5) is 23.0. The lowest BCUT2D eigenvalue weighted by molar-refractivity contribution is -0.117. The van der Waals surface area contributed by atoms with Crippen LogP contribution < -0.4 is 15.4 Å². The van der Waals surface area contributed by atoms with Gasteiger partial charge in [-0.3, -0.25) is 4.79 Å². The zero-order valence-electron chi connectivity index (χ0n) is 12.0. The number of rotatable bonds is 5. The van der Waals surface area contributed by atoms with Crippen LogP contribution in [0.3, 0.4) is 0 Å². The molecule has 1 heterocycles.